The maximum atomic E-state index is 13.2. The van der Waals surface area contributed by atoms with Gasteiger partial charge in [-0.1, -0.05) is 15.9 Å². The molecule has 0 aliphatic rings. The van der Waals surface area contributed by atoms with Crippen LogP contribution in [0.5, 0.6) is 0 Å². The molecule has 4 nitrogen and oxygen atoms in total. The first-order chi connectivity index (χ1) is 9.78. The second kappa shape index (κ2) is 6.13. The topological polar surface area (TPSA) is 72.2 Å². The number of aryl methyl sites for hydroxylation is 1. The second-order valence-corrected chi connectivity index (χ2v) is 7.26. The summed E-state index contributed by atoms with van der Waals surface area (Å²) in [5.74, 6) is -0.424. The molecule has 0 radical (unpaired) electrons. The van der Waals surface area contributed by atoms with Gasteiger partial charge in [0.15, 0.2) is 0 Å². The Kier molecular flexibility index (Phi) is 4.65. The fourth-order valence-corrected chi connectivity index (χ4v) is 3.40. The monoisotopic (exact) mass is 372 g/mol. The molecule has 3 N–H and O–H groups in total. The Morgan fingerprint density at radius 1 is 1.24 bits per heavy atom. The third-order valence-electron chi connectivity index (χ3n) is 2.84. The van der Waals surface area contributed by atoms with E-state index in [1.807, 2.05) is 0 Å². The molecule has 21 heavy (non-hydrogen) atoms. The molecule has 0 spiro atoms. The maximum absolute atomic E-state index is 13.2. The Hall–Kier alpha value is -1.44. The zero-order valence-corrected chi connectivity index (χ0v) is 13.6. The third kappa shape index (κ3) is 4.03. The fraction of sp³-hybridized carbons (Fsp3) is 0.143. The summed E-state index contributed by atoms with van der Waals surface area (Å²) >= 11 is 3.26. The van der Waals surface area contributed by atoms with Gasteiger partial charge in [0, 0.05) is 16.7 Å². The Morgan fingerprint density at radius 2 is 1.95 bits per heavy atom. The number of hydrogen-bond acceptors (Lipinski definition) is 3. The summed E-state index contributed by atoms with van der Waals surface area (Å²) in [5, 5.41) is 0. The molecule has 0 heterocycles. The van der Waals surface area contributed by atoms with Crippen LogP contribution >= 0.6 is 15.9 Å². The van der Waals surface area contributed by atoms with E-state index in [0.717, 1.165) is 5.56 Å². The third-order valence-corrected chi connectivity index (χ3v) is 5.00. The van der Waals surface area contributed by atoms with Gasteiger partial charge in [-0.15, -0.1) is 0 Å². The number of halogens is 2. The first-order valence-electron chi connectivity index (χ1n) is 6.09. The van der Waals surface area contributed by atoms with Crippen molar-refractivity contribution in [3.05, 3.63) is 57.8 Å². The van der Waals surface area contributed by atoms with E-state index < -0.39 is 15.8 Å². The summed E-state index contributed by atoms with van der Waals surface area (Å²) in [6.45, 7) is 1.74. The number of sulfonamides is 1. The van der Waals surface area contributed by atoms with Crippen molar-refractivity contribution < 1.29 is 12.8 Å². The van der Waals surface area contributed by atoms with Crippen molar-refractivity contribution in [2.45, 2.75) is 18.4 Å². The minimum absolute atomic E-state index is 0.0193. The molecule has 2 rings (SSSR count). The van der Waals surface area contributed by atoms with Crippen LogP contribution in [-0.4, -0.2) is 8.42 Å². The number of hydrogen-bond donors (Lipinski definition) is 2. The van der Waals surface area contributed by atoms with Crippen molar-refractivity contribution in [3.8, 4) is 0 Å². The van der Waals surface area contributed by atoms with Gasteiger partial charge in [0.25, 0.3) is 0 Å². The first kappa shape index (κ1) is 15.9. The molecule has 0 aromatic heterocycles. The van der Waals surface area contributed by atoms with Crippen LogP contribution in [-0.2, 0) is 16.6 Å². The highest BCUT2D eigenvalue weighted by molar-refractivity contribution is 9.10. The van der Waals surface area contributed by atoms with E-state index in [9.17, 15) is 12.8 Å². The van der Waals surface area contributed by atoms with Gasteiger partial charge in [-0.25, -0.2) is 17.5 Å². The fourth-order valence-electron chi connectivity index (χ4n) is 1.87. The molecule has 0 amide bonds. The number of rotatable bonds is 4. The van der Waals surface area contributed by atoms with Crippen LogP contribution in [0.15, 0.2) is 45.8 Å². The second-order valence-electron chi connectivity index (χ2n) is 4.64. The number of anilines is 1. The van der Waals surface area contributed by atoms with Crippen molar-refractivity contribution in [3.63, 3.8) is 0 Å². The van der Waals surface area contributed by atoms with Gasteiger partial charge < -0.3 is 5.73 Å². The van der Waals surface area contributed by atoms with E-state index in [1.54, 1.807) is 13.0 Å². The lowest BCUT2D eigenvalue weighted by molar-refractivity contribution is 0.580. The van der Waals surface area contributed by atoms with Gasteiger partial charge in [-0.2, -0.15) is 0 Å². The van der Waals surface area contributed by atoms with Crippen LogP contribution in [0.25, 0.3) is 0 Å². The van der Waals surface area contributed by atoms with Crippen molar-refractivity contribution in [2.75, 3.05) is 5.73 Å². The van der Waals surface area contributed by atoms with E-state index in [4.69, 9.17) is 5.73 Å². The molecule has 0 unspecified atom stereocenters. The van der Waals surface area contributed by atoms with Crippen LogP contribution in [0.3, 0.4) is 0 Å². The largest absolute Gasteiger partial charge is 0.399 e. The average molecular weight is 373 g/mol. The van der Waals surface area contributed by atoms with Crippen LogP contribution in [0.2, 0.25) is 0 Å². The predicted molar refractivity (Wildman–Crippen MR) is 83.7 cm³/mol. The molecule has 0 aliphatic carbocycles. The van der Waals surface area contributed by atoms with Crippen molar-refractivity contribution >= 4 is 31.6 Å². The summed E-state index contributed by atoms with van der Waals surface area (Å²) in [7, 11) is -3.71. The summed E-state index contributed by atoms with van der Waals surface area (Å²) in [6, 6.07) is 8.70. The van der Waals surface area contributed by atoms with Crippen molar-refractivity contribution in [1.29, 1.82) is 0 Å². The van der Waals surface area contributed by atoms with Crippen LogP contribution < -0.4 is 10.5 Å². The normalized spacial score (nSPS) is 11.6. The molecular formula is C14H14BrFN2O2S. The number of nitrogens with two attached hydrogens (primary N) is 1. The summed E-state index contributed by atoms with van der Waals surface area (Å²) in [6.07, 6.45) is 0. The van der Waals surface area contributed by atoms with Gasteiger partial charge in [0.05, 0.1) is 4.90 Å². The van der Waals surface area contributed by atoms with Gasteiger partial charge in [0.1, 0.15) is 5.82 Å². The summed E-state index contributed by atoms with van der Waals surface area (Å²) in [4.78, 5) is 0.0903. The minimum atomic E-state index is -3.71. The molecule has 2 aromatic rings. The highest BCUT2D eigenvalue weighted by atomic mass is 79.9. The molecule has 0 aliphatic heterocycles. The molecule has 7 heteroatoms. The Balaban J connectivity index is 2.23. The van der Waals surface area contributed by atoms with Crippen LogP contribution in [0, 0.1) is 12.7 Å². The standard InChI is InChI=1S/C14H14BrFN2O2S/c1-9-4-12(17)7-13(5-9)21(19,20)18-8-10-6-11(16)2-3-14(10)15/h2-7,18H,8,17H2,1H3. The number of nitrogen functional groups attached to an aromatic ring is 1. The van der Waals surface area contributed by atoms with Gasteiger partial charge >= 0.3 is 0 Å². The van der Waals surface area contributed by atoms with E-state index in [-0.39, 0.29) is 11.4 Å². The summed E-state index contributed by atoms with van der Waals surface area (Å²) in [5.41, 5.74) is 7.30. The van der Waals surface area contributed by atoms with E-state index in [1.165, 1.54) is 30.3 Å². The van der Waals surface area contributed by atoms with E-state index in [2.05, 4.69) is 20.7 Å². The predicted octanol–water partition coefficient (Wildman–Crippen LogP) is 2.96. The molecular weight excluding hydrogens is 359 g/mol. The van der Waals surface area contributed by atoms with Crippen molar-refractivity contribution in [1.82, 2.24) is 4.72 Å². The van der Waals surface area contributed by atoms with E-state index >= 15 is 0 Å². The van der Waals surface area contributed by atoms with Crippen molar-refractivity contribution in [2.24, 2.45) is 0 Å². The Bertz CT molecular complexity index is 758. The van der Waals surface area contributed by atoms with Gasteiger partial charge in [-0.3, -0.25) is 0 Å². The lowest BCUT2D eigenvalue weighted by Gasteiger charge is -2.10. The van der Waals surface area contributed by atoms with Gasteiger partial charge in [0.2, 0.25) is 10.0 Å². The van der Waals surface area contributed by atoms with E-state index in [0.29, 0.717) is 15.7 Å². The van der Waals surface area contributed by atoms with Gasteiger partial charge in [-0.05, 0) is 54.4 Å². The molecule has 112 valence electrons. The first-order valence-corrected chi connectivity index (χ1v) is 8.36. The summed E-state index contributed by atoms with van der Waals surface area (Å²) < 4.78 is 40.7. The maximum Gasteiger partial charge on any atom is 0.240 e. The molecule has 0 atom stereocenters. The molecule has 2 aromatic carbocycles. The highest BCUT2D eigenvalue weighted by Crippen LogP contribution is 2.20. The highest BCUT2D eigenvalue weighted by Gasteiger charge is 2.15. The molecule has 0 fully saturated rings. The Morgan fingerprint density at radius 3 is 2.62 bits per heavy atom. The smallest absolute Gasteiger partial charge is 0.240 e. The zero-order valence-electron chi connectivity index (χ0n) is 11.2. The molecule has 0 saturated heterocycles. The minimum Gasteiger partial charge on any atom is -0.399 e. The van der Waals surface area contributed by atoms with Crippen LogP contribution in [0.1, 0.15) is 11.1 Å². The number of benzene rings is 2. The Labute approximate surface area is 131 Å². The molecule has 0 saturated carbocycles. The van der Waals surface area contributed by atoms with Crippen LogP contribution in [0.4, 0.5) is 10.1 Å². The lowest BCUT2D eigenvalue weighted by atomic mass is 10.2. The SMILES string of the molecule is Cc1cc(N)cc(S(=O)(=O)NCc2cc(F)ccc2Br)c1. The molecule has 0 bridgehead atoms. The lowest BCUT2D eigenvalue weighted by Crippen LogP contribution is -2.23. The zero-order chi connectivity index (χ0) is 15.6. The quantitative estimate of drug-likeness (QED) is 0.810. The number of nitrogens with one attached hydrogen (secondary N) is 1. The average Bonchev–Trinajstić information content (AvgIpc) is 2.39.